The van der Waals surface area contributed by atoms with Crippen molar-refractivity contribution in [3.63, 3.8) is 0 Å². The van der Waals surface area contributed by atoms with Crippen molar-refractivity contribution in [2.24, 2.45) is 7.05 Å². The number of alkyl halides is 1. The highest BCUT2D eigenvalue weighted by Gasteiger charge is 2.41. The summed E-state index contributed by atoms with van der Waals surface area (Å²) >= 11 is 0. The van der Waals surface area contributed by atoms with E-state index >= 15 is 4.39 Å². The predicted octanol–water partition coefficient (Wildman–Crippen LogP) is 4.33. The molecule has 1 aliphatic rings. The highest BCUT2D eigenvalue weighted by Crippen LogP contribution is 2.43. The van der Waals surface area contributed by atoms with Gasteiger partial charge in [0.05, 0.1) is 18.3 Å². The SMILES string of the molecule is COc1ccc(-c2cnc3nn(C(C)(C)C)cc3c2)c(N2CCC(F)(c3nncn3C)CC2)c1C#N. The van der Waals surface area contributed by atoms with Gasteiger partial charge in [-0.25, -0.2) is 9.37 Å². The maximum absolute atomic E-state index is 15.9. The van der Waals surface area contributed by atoms with Crippen LogP contribution in [0.4, 0.5) is 10.1 Å². The average Bonchev–Trinajstić information content (AvgIpc) is 3.49. The quantitative estimate of drug-likeness (QED) is 0.422. The van der Waals surface area contributed by atoms with Crippen molar-refractivity contribution in [3.8, 4) is 22.9 Å². The number of nitrogens with zero attached hydrogens (tertiary/aromatic N) is 8. The van der Waals surface area contributed by atoms with Crippen molar-refractivity contribution in [3.05, 3.63) is 48.3 Å². The number of rotatable bonds is 4. The second kappa shape index (κ2) is 8.59. The molecule has 0 amide bonds. The number of halogens is 1. The number of ether oxygens (including phenoxy) is 1. The summed E-state index contributed by atoms with van der Waals surface area (Å²) in [5.74, 6) is 0.815. The zero-order chi connectivity index (χ0) is 25.7. The third kappa shape index (κ3) is 3.94. The number of aromatic nitrogens is 6. The Morgan fingerprint density at radius 3 is 2.56 bits per heavy atom. The van der Waals surface area contributed by atoms with Gasteiger partial charge in [0.2, 0.25) is 0 Å². The standard InChI is InChI=1S/C26H29FN8O/c1-25(2,3)35-15-18-12-17(14-29-23(18)32-35)19-6-7-21(36-5)20(13-28)22(19)34-10-8-26(27,9-11-34)24-31-30-16-33(24)4/h6-7,12,14-16H,8-11H2,1-5H3. The summed E-state index contributed by atoms with van der Waals surface area (Å²) in [7, 11) is 3.30. The minimum atomic E-state index is -1.57. The first-order valence-electron chi connectivity index (χ1n) is 11.9. The summed E-state index contributed by atoms with van der Waals surface area (Å²) in [6.07, 6.45) is 5.74. The first-order chi connectivity index (χ1) is 17.1. The topological polar surface area (TPSA) is 97.7 Å². The molecule has 3 aromatic heterocycles. The number of hydrogen-bond acceptors (Lipinski definition) is 7. The van der Waals surface area contributed by atoms with Gasteiger partial charge < -0.3 is 14.2 Å². The smallest absolute Gasteiger partial charge is 0.181 e. The Bertz CT molecular complexity index is 1470. The molecule has 1 aliphatic heterocycles. The van der Waals surface area contributed by atoms with E-state index in [9.17, 15) is 5.26 Å². The summed E-state index contributed by atoms with van der Waals surface area (Å²) < 4.78 is 24.9. The van der Waals surface area contributed by atoms with E-state index in [1.807, 2.05) is 23.0 Å². The summed E-state index contributed by atoms with van der Waals surface area (Å²) in [4.78, 5) is 6.66. The van der Waals surface area contributed by atoms with Crippen molar-refractivity contribution in [2.75, 3.05) is 25.1 Å². The summed E-state index contributed by atoms with van der Waals surface area (Å²) in [6.45, 7) is 7.08. The molecule has 0 N–H and O–H groups in total. The lowest BCUT2D eigenvalue weighted by molar-refractivity contribution is 0.109. The molecule has 0 radical (unpaired) electrons. The lowest BCUT2D eigenvalue weighted by Gasteiger charge is -2.38. The van der Waals surface area contributed by atoms with Crippen LogP contribution >= 0.6 is 0 Å². The summed E-state index contributed by atoms with van der Waals surface area (Å²) in [6, 6.07) is 8.08. The van der Waals surface area contributed by atoms with Gasteiger partial charge in [-0.2, -0.15) is 10.4 Å². The Morgan fingerprint density at radius 1 is 1.19 bits per heavy atom. The largest absolute Gasteiger partial charge is 0.495 e. The third-order valence-corrected chi connectivity index (χ3v) is 6.81. The van der Waals surface area contributed by atoms with Gasteiger partial charge in [0.1, 0.15) is 23.7 Å². The van der Waals surface area contributed by atoms with Gasteiger partial charge in [-0.1, -0.05) is 0 Å². The van der Waals surface area contributed by atoms with Crippen LogP contribution in [0.2, 0.25) is 0 Å². The molecule has 0 saturated carbocycles. The zero-order valence-electron chi connectivity index (χ0n) is 21.2. The fraction of sp³-hybridized carbons (Fsp3) is 0.423. The van der Waals surface area contributed by atoms with Crippen LogP contribution in [0.5, 0.6) is 5.75 Å². The number of anilines is 1. The fourth-order valence-corrected chi connectivity index (χ4v) is 4.82. The molecular weight excluding hydrogens is 459 g/mol. The number of hydrogen-bond donors (Lipinski definition) is 0. The molecule has 5 rings (SSSR count). The fourth-order valence-electron chi connectivity index (χ4n) is 4.82. The van der Waals surface area contributed by atoms with E-state index in [2.05, 4.69) is 52.0 Å². The molecule has 0 atom stereocenters. The molecular formula is C26H29FN8O. The van der Waals surface area contributed by atoms with Gasteiger partial charge in [0, 0.05) is 61.9 Å². The molecule has 1 aromatic carbocycles. The van der Waals surface area contributed by atoms with E-state index in [4.69, 9.17) is 4.74 Å². The molecule has 0 unspecified atom stereocenters. The number of methoxy groups -OCH3 is 1. The first-order valence-corrected chi connectivity index (χ1v) is 11.9. The van der Waals surface area contributed by atoms with Crippen LogP contribution in [0.25, 0.3) is 22.2 Å². The van der Waals surface area contributed by atoms with Crippen molar-refractivity contribution in [1.82, 2.24) is 29.5 Å². The highest BCUT2D eigenvalue weighted by atomic mass is 19.1. The Morgan fingerprint density at radius 2 is 1.94 bits per heavy atom. The number of aryl methyl sites for hydroxylation is 1. The zero-order valence-corrected chi connectivity index (χ0v) is 21.2. The molecule has 4 aromatic rings. The van der Waals surface area contributed by atoms with Crippen LogP contribution < -0.4 is 9.64 Å². The van der Waals surface area contributed by atoms with Crippen molar-refractivity contribution < 1.29 is 9.13 Å². The lowest BCUT2D eigenvalue weighted by Crippen LogP contribution is -2.42. The van der Waals surface area contributed by atoms with Gasteiger partial charge in [0.25, 0.3) is 0 Å². The Labute approximate surface area is 209 Å². The molecule has 0 spiro atoms. The maximum atomic E-state index is 15.9. The molecule has 0 bridgehead atoms. The number of benzene rings is 1. The van der Waals surface area contributed by atoms with E-state index in [0.29, 0.717) is 35.9 Å². The minimum absolute atomic E-state index is 0.171. The summed E-state index contributed by atoms with van der Waals surface area (Å²) in [5, 5.41) is 23.5. The van der Waals surface area contributed by atoms with Crippen molar-refractivity contribution in [1.29, 1.82) is 5.26 Å². The van der Waals surface area contributed by atoms with E-state index < -0.39 is 5.67 Å². The Kier molecular flexibility index (Phi) is 5.66. The first kappa shape index (κ1) is 23.7. The van der Waals surface area contributed by atoms with Gasteiger partial charge in [-0.3, -0.25) is 4.68 Å². The van der Waals surface area contributed by atoms with E-state index in [1.165, 1.54) is 6.33 Å². The predicted molar refractivity (Wildman–Crippen MR) is 134 cm³/mol. The lowest BCUT2D eigenvalue weighted by atomic mass is 9.90. The molecule has 4 heterocycles. The van der Waals surface area contributed by atoms with Crippen LogP contribution in [0.15, 0.2) is 36.9 Å². The van der Waals surface area contributed by atoms with Gasteiger partial charge in [-0.15, -0.1) is 10.2 Å². The van der Waals surface area contributed by atoms with E-state index in [1.54, 1.807) is 31.0 Å². The number of pyridine rings is 1. The number of piperidine rings is 1. The monoisotopic (exact) mass is 488 g/mol. The summed E-state index contributed by atoms with van der Waals surface area (Å²) in [5.41, 5.74) is 1.76. The van der Waals surface area contributed by atoms with Crippen molar-refractivity contribution >= 4 is 16.7 Å². The maximum Gasteiger partial charge on any atom is 0.181 e. The van der Waals surface area contributed by atoms with Gasteiger partial charge in [0.15, 0.2) is 17.1 Å². The number of nitriles is 1. The van der Waals surface area contributed by atoms with Crippen LogP contribution in [0.1, 0.15) is 45.0 Å². The van der Waals surface area contributed by atoms with Crippen LogP contribution in [0, 0.1) is 11.3 Å². The minimum Gasteiger partial charge on any atom is -0.495 e. The second-order valence-corrected chi connectivity index (χ2v) is 10.2. The van der Waals surface area contributed by atoms with E-state index in [-0.39, 0.29) is 18.4 Å². The average molecular weight is 489 g/mol. The normalized spacial score (nSPS) is 15.8. The molecule has 9 nitrogen and oxygen atoms in total. The molecule has 10 heteroatoms. The molecule has 1 saturated heterocycles. The molecule has 1 fully saturated rings. The van der Waals surface area contributed by atoms with Gasteiger partial charge in [-0.05, 0) is 39.0 Å². The third-order valence-electron chi connectivity index (χ3n) is 6.81. The molecule has 186 valence electrons. The highest BCUT2D eigenvalue weighted by molar-refractivity contribution is 5.89. The number of fused-ring (bicyclic) bond motifs is 1. The van der Waals surface area contributed by atoms with Crippen LogP contribution in [-0.4, -0.2) is 49.7 Å². The second-order valence-electron chi connectivity index (χ2n) is 10.2. The molecule has 36 heavy (non-hydrogen) atoms. The van der Waals surface area contributed by atoms with E-state index in [0.717, 1.165) is 22.2 Å². The Hall–Kier alpha value is -4.00. The van der Waals surface area contributed by atoms with Crippen LogP contribution in [0.3, 0.4) is 0 Å². The Balaban J connectivity index is 1.57. The molecule has 0 aliphatic carbocycles. The van der Waals surface area contributed by atoms with Gasteiger partial charge >= 0.3 is 0 Å². The van der Waals surface area contributed by atoms with Crippen LogP contribution in [-0.2, 0) is 18.3 Å². The van der Waals surface area contributed by atoms with Crippen molar-refractivity contribution in [2.45, 2.75) is 44.8 Å².